The van der Waals surface area contributed by atoms with E-state index in [1.54, 1.807) is 0 Å². The fourth-order valence-electron chi connectivity index (χ4n) is 1.61. The Balaban J connectivity index is 2.32. The second-order valence-corrected chi connectivity index (χ2v) is 4.45. The standard InChI is InChI=1S/C9H13NOS/c1-7-5-12-6-9(7,11)8-3-2-4-10-8/h2-4,7,10-11H,5-6H2,1H3. The van der Waals surface area contributed by atoms with E-state index in [0.717, 1.165) is 17.2 Å². The zero-order valence-electron chi connectivity index (χ0n) is 7.08. The molecule has 1 saturated heterocycles. The van der Waals surface area contributed by atoms with E-state index in [-0.39, 0.29) is 0 Å². The third kappa shape index (κ3) is 1.08. The first-order valence-corrected chi connectivity index (χ1v) is 5.33. The van der Waals surface area contributed by atoms with Crippen molar-refractivity contribution in [3.8, 4) is 0 Å². The van der Waals surface area contributed by atoms with Crippen molar-refractivity contribution in [2.75, 3.05) is 11.5 Å². The van der Waals surface area contributed by atoms with Gasteiger partial charge in [0.15, 0.2) is 0 Å². The first kappa shape index (κ1) is 8.20. The minimum atomic E-state index is -0.617. The van der Waals surface area contributed by atoms with Gasteiger partial charge in [-0.25, -0.2) is 0 Å². The molecule has 1 fully saturated rings. The summed E-state index contributed by atoms with van der Waals surface area (Å²) in [6.07, 6.45) is 1.86. The van der Waals surface area contributed by atoms with E-state index in [4.69, 9.17) is 0 Å². The van der Waals surface area contributed by atoms with E-state index in [0.29, 0.717) is 5.92 Å². The molecule has 66 valence electrons. The molecule has 1 aromatic heterocycles. The Labute approximate surface area is 76.4 Å². The Kier molecular flexibility index (Phi) is 1.93. The molecule has 2 unspecified atom stereocenters. The first-order chi connectivity index (χ1) is 5.73. The van der Waals surface area contributed by atoms with Crippen molar-refractivity contribution in [1.82, 2.24) is 4.98 Å². The SMILES string of the molecule is CC1CSCC1(O)c1ccc[nH]1. The van der Waals surface area contributed by atoms with Gasteiger partial charge in [-0.05, 0) is 17.9 Å². The number of aliphatic hydroxyl groups is 1. The monoisotopic (exact) mass is 183 g/mol. The van der Waals surface area contributed by atoms with E-state index in [1.807, 2.05) is 30.1 Å². The first-order valence-electron chi connectivity index (χ1n) is 4.17. The molecule has 1 aliphatic rings. The molecule has 0 aliphatic carbocycles. The van der Waals surface area contributed by atoms with Crippen LogP contribution in [0.5, 0.6) is 0 Å². The summed E-state index contributed by atoms with van der Waals surface area (Å²) in [4.78, 5) is 3.09. The van der Waals surface area contributed by atoms with Gasteiger partial charge in [-0.3, -0.25) is 0 Å². The van der Waals surface area contributed by atoms with Crippen molar-refractivity contribution in [3.63, 3.8) is 0 Å². The minimum Gasteiger partial charge on any atom is -0.382 e. The second-order valence-electron chi connectivity index (χ2n) is 3.42. The predicted molar refractivity (Wildman–Crippen MR) is 51.2 cm³/mol. The maximum Gasteiger partial charge on any atom is 0.117 e. The van der Waals surface area contributed by atoms with Gasteiger partial charge in [-0.15, -0.1) is 0 Å². The van der Waals surface area contributed by atoms with Gasteiger partial charge >= 0.3 is 0 Å². The van der Waals surface area contributed by atoms with E-state index in [2.05, 4.69) is 11.9 Å². The number of aromatic amines is 1. The van der Waals surface area contributed by atoms with Crippen LogP contribution >= 0.6 is 11.8 Å². The highest BCUT2D eigenvalue weighted by atomic mass is 32.2. The van der Waals surface area contributed by atoms with Gasteiger partial charge in [-0.1, -0.05) is 6.92 Å². The summed E-state index contributed by atoms with van der Waals surface area (Å²) in [7, 11) is 0. The van der Waals surface area contributed by atoms with Gasteiger partial charge in [0.05, 0.1) is 0 Å². The van der Waals surface area contributed by atoms with Gasteiger partial charge in [0.1, 0.15) is 5.60 Å². The molecule has 1 aliphatic heterocycles. The molecule has 12 heavy (non-hydrogen) atoms. The molecule has 2 rings (SSSR count). The summed E-state index contributed by atoms with van der Waals surface area (Å²) in [6.45, 7) is 2.10. The van der Waals surface area contributed by atoms with Crippen LogP contribution in [0.2, 0.25) is 0 Å². The Morgan fingerprint density at radius 1 is 1.75 bits per heavy atom. The molecular formula is C9H13NOS. The molecule has 0 aromatic carbocycles. The Hall–Kier alpha value is -0.410. The van der Waals surface area contributed by atoms with Gasteiger partial charge in [0.25, 0.3) is 0 Å². The minimum absolute atomic E-state index is 0.348. The maximum absolute atomic E-state index is 10.3. The summed E-state index contributed by atoms with van der Waals surface area (Å²) in [6, 6.07) is 3.89. The molecule has 0 bridgehead atoms. The van der Waals surface area contributed by atoms with Crippen molar-refractivity contribution in [2.45, 2.75) is 12.5 Å². The van der Waals surface area contributed by atoms with E-state index < -0.39 is 5.60 Å². The van der Waals surface area contributed by atoms with E-state index >= 15 is 0 Å². The average Bonchev–Trinajstić information content (AvgIpc) is 2.62. The summed E-state index contributed by atoms with van der Waals surface area (Å²) in [5, 5.41) is 10.3. The van der Waals surface area contributed by atoms with Crippen LogP contribution in [0.25, 0.3) is 0 Å². The highest BCUT2D eigenvalue weighted by Gasteiger charge is 2.41. The summed E-state index contributed by atoms with van der Waals surface area (Å²) < 4.78 is 0. The van der Waals surface area contributed by atoms with Crippen LogP contribution in [0.1, 0.15) is 12.6 Å². The van der Waals surface area contributed by atoms with Crippen LogP contribution in [0.15, 0.2) is 18.3 Å². The lowest BCUT2D eigenvalue weighted by molar-refractivity contribution is 0.0197. The molecule has 2 heterocycles. The van der Waals surface area contributed by atoms with Crippen molar-refractivity contribution in [1.29, 1.82) is 0 Å². The molecular weight excluding hydrogens is 170 g/mol. The average molecular weight is 183 g/mol. The summed E-state index contributed by atoms with van der Waals surface area (Å²) in [5.41, 5.74) is 0.341. The fraction of sp³-hybridized carbons (Fsp3) is 0.556. The van der Waals surface area contributed by atoms with Crippen LogP contribution in [-0.2, 0) is 5.60 Å². The third-order valence-corrected chi connectivity index (χ3v) is 3.95. The van der Waals surface area contributed by atoms with Crippen molar-refractivity contribution < 1.29 is 5.11 Å². The molecule has 3 heteroatoms. The Morgan fingerprint density at radius 3 is 3.08 bits per heavy atom. The highest BCUT2D eigenvalue weighted by Crippen LogP contribution is 2.40. The fourth-order valence-corrected chi connectivity index (χ4v) is 3.11. The smallest absolute Gasteiger partial charge is 0.117 e. The van der Waals surface area contributed by atoms with Crippen LogP contribution in [0, 0.1) is 5.92 Å². The number of hydrogen-bond acceptors (Lipinski definition) is 2. The Morgan fingerprint density at radius 2 is 2.58 bits per heavy atom. The zero-order valence-corrected chi connectivity index (χ0v) is 7.90. The van der Waals surface area contributed by atoms with Crippen molar-refractivity contribution >= 4 is 11.8 Å². The number of nitrogens with one attached hydrogen (secondary N) is 1. The third-order valence-electron chi connectivity index (χ3n) is 2.57. The van der Waals surface area contributed by atoms with Crippen molar-refractivity contribution in [2.24, 2.45) is 5.92 Å². The summed E-state index contributed by atoms with van der Waals surface area (Å²) in [5.74, 6) is 2.21. The molecule has 1 aromatic rings. The molecule has 2 atom stereocenters. The van der Waals surface area contributed by atoms with Crippen molar-refractivity contribution in [3.05, 3.63) is 24.0 Å². The lowest BCUT2D eigenvalue weighted by atomic mass is 9.89. The largest absolute Gasteiger partial charge is 0.382 e. The summed E-state index contributed by atoms with van der Waals surface area (Å²) >= 11 is 1.82. The van der Waals surface area contributed by atoms with Crippen LogP contribution in [-0.4, -0.2) is 21.6 Å². The normalized spacial score (nSPS) is 35.7. The molecule has 0 radical (unpaired) electrons. The predicted octanol–water partition coefficient (Wildman–Crippen LogP) is 1.59. The molecule has 0 amide bonds. The zero-order chi connectivity index (χ0) is 8.60. The lowest BCUT2D eigenvalue weighted by Crippen LogP contribution is -2.32. The number of hydrogen-bond donors (Lipinski definition) is 2. The molecule has 0 spiro atoms. The molecule has 0 saturated carbocycles. The Bertz CT molecular complexity index is 260. The van der Waals surface area contributed by atoms with Gasteiger partial charge < -0.3 is 10.1 Å². The van der Waals surface area contributed by atoms with E-state index in [9.17, 15) is 5.11 Å². The van der Waals surface area contributed by atoms with Gasteiger partial charge in [0, 0.05) is 23.6 Å². The number of thioether (sulfide) groups is 1. The topological polar surface area (TPSA) is 36.0 Å². The van der Waals surface area contributed by atoms with Gasteiger partial charge in [0.2, 0.25) is 0 Å². The number of H-pyrrole nitrogens is 1. The number of rotatable bonds is 1. The molecule has 2 N–H and O–H groups in total. The second kappa shape index (κ2) is 2.82. The highest BCUT2D eigenvalue weighted by molar-refractivity contribution is 7.99. The van der Waals surface area contributed by atoms with Crippen LogP contribution in [0.4, 0.5) is 0 Å². The lowest BCUT2D eigenvalue weighted by Gasteiger charge is -2.25. The number of aromatic nitrogens is 1. The maximum atomic E-state index is 10.3. The quantitative estimate of drug-likeness (QED) is 0.693. The van der Waals surface area contributed by atoms with E-state index in [1.165, 1.54) is 0 Å². The molecule has 2 nitrogen and oxygen atoms in total. The van der Waals surface area contributed by atoms with Crippen LogP contribution < -0.4 is 0 Å². The van der Waals surface area contributed by atoms with Crippen LogP contribution in [0.3, 0.4) is 0 Å². The van der Waals surface area contributed by atoms with Gasteiger partial charge in [-0.2, -0.15) is 11.8 Å².